The second kappa shape index (κ2) is 8.15. The lowest BCUT2D eigenvalue weighted by molar-refractivity contribution is -0.130. The van der Waals surface area contributed by atoms with Crippen molar-refractivity contribution in [2.75, 3.05) is 0 Å². The fourth-order valence-corrected chi connectivity index (χ4v) is 4.15. The van der Waals surface area contributed by atoms with E-state index in [0.717, 1.165) is 30.4 Å². The van der Waals surface area contributed by atoms with Crippen molar-refractivity contribution >= 4 is 35.0 Å². The highest BCUT2D eigenvalue weighted by Gasteiger charge is 2.40. The van der Waals surface area contributed by atoms with Crippen LogP contribution < -0.4 is 16.0 Å². The lowest BCUT2D eigenvalue weighted by atomic mass is 9.81. The molecular formula is C19H25Cl2N3O2. The average molecular weight is 398 g/mol. The van der Waals surface area contributed by atoms with Crippen LogP contribution in [0, 0.1) is 11.8 Å². The molecule has 26 heavy (non-hydrogen) atoms. The van der Waals surface area contributed by atoms with Crippen molar-refractivity contribution < 1.29 is 9.59 Å². The Kier molecular flexibility index (Phi) is 6.10. The van der Waals surface area contributed by atoms with Crippen molar-refractivity contribution in [3.8, 4) is 0 Å². The zero-order valence-corrected chi connectivity index (χ0v) is 16.5. The molecule has 1 aromatic carbocycles. The van der Waals surface area contributed by atoms with Crippen molar-refractivity contribution in [2.24, 2.45) is 11.8 Å². The van der Waals surface area contributed by atoms with Gasteiger partial charge in [-0.1, -0.05) is 31.5 Å². The van der Waals surface area contributed by atoms with E-state index in [1.165, 1.54) is 0 Å². The van der Waals surface area contributed by atoms with Gasteiger partial charge in [-0.15, -0.1) is 11.6 Å². The van der Waals surface area contributed by atoms with Gasteiger partial charge in [-0.3, -0.25) is 14.9 Å². The van der Waals surface area contributed by atoms with E-state index >= 15 is 0 Å². The molecule has 1 heterocycles. The second-order valence-corrected chi connectivity index (χ2v) is 8.48. The van der Waals surface area contributed by atoms with Crippen LogP contribution >= 0.6 is 23.2 Å². The number of halogens is 2. The van der Waals surface area contributed by atoms with Crippen LogP contribution in [-0.4, -0.2) is 23.2 Å². The molecule has 142 valence electrons. The number of alkyl halides is 1. The molecule has 1 aliphatic heterocycles. The maximum absolute atomic E-state index is 12.5. The molecule has 3 rings (SSSR count). The lowest BCUT2D eigenvalue weighted by Gasteiger charge is -2.41. The molecule has 5 nitrogen and oxygen atoms in total. The summed E-state index contributed by atoms with van der Waals surface area (Å²) < 4.78 is 0. The molecule has 0 spiro atoms. The van der Waals surface area contributed by atoms with Gasteiger partial charge < -0.3 is 10.6 Å². The Balaban J connectivity index is 1.74. The van der Waals surface area contributed by atoms with Crippen molar-refractivity contribution in [1.82, 2.24) is 16.0 Å². The molecule has 2 aliphatic rings. The maximum Gasteiger partial charge on any atom is 0.226 e. The summed E-state index contributed by atoms with van der Waals surface area (Å²) in [6, 6.07) is 5.68. The highest BCUT2D eigenvalue weighted by Crippen LogP contribution is 2.34. The van der Waals surface area contributed by atoms with Gasteiger partial charge in [0, 0.05) is 34.5 Å². The lowest BCUT2D eigenvalue weighted by Crippen LogP contribution is -2.58. The molecule has 1 aliphatic carbocycles. The molecule has 4 unspecified atom stereocenters. The minimum Gasteiger partial charge on any atom is -0.352 e. The topological polar surface area (TPSA) is 70.2 Å². The monoisotopic (exact) mass is 397 g/mol. The van der Waals surface area contributed by atoms with Gasteiger partial charge in [-0.2, -0.15) is 0 Å². The Bertz CT molecular complexity index is 695. The highest BCUT2D eigenvalue weighted by atomic mass is 35.5. The zero-order valence-electron chi connectivity index (χ0n) is 15.0. The highest BCUT2D eigenvalue weighted by molar-refractivity contribution is 6.31. The molecule has 4 atom stereocenters. The summed E-state index contributed by atoms with van der Waals surface area (Å²) in [4.78, 5) is 24.3. The maximum atomic E-state index is 12.5. The molecule has 0 bridgehead atoms. The van der Waals surface area contributed by atoms with E-state index < -0.39 is 0 Å². The van der Waals surface area contributed by atoms with Crippen LogP contribution in [0.5, 0.6) is 0 Å². The van der Waals surface area contributed by atoms with Crippen molar-refractivity contribution in [3.05, 3.63) is 34.3 Å². The Morgan fingerprint density at radius 2 is 2.12 bits per heavy atom. The first-order chi connectivity index (χ1) is 12.3. The number of amides is 2. The zero-order chi connectivity index (χ0) is 18.8. The van der Waals surface area contributed by atoms with Crippen molar-refractivity contribution in [1.29, 1.82) is 0 Å². The number of fused-ring (bicyclic) bond motifs is 1. The first-order valence-electron chi connectivity index (χ1n) is 9.11. The van der Waals surface area contributed by atoms with E-state index in [1.54, 1.807) is 6.07 Å². The van der Waals surface area contributed by atoms with Gasteiger partial charge >= 0.3 is 0 Å². The SMILES string of the molecule is CC(C)C(=O)NCc1ccc(Cl)c(C2NC(=O)C3CCC(Cl)CC3N2)c1. The predicted molar refractivity (Wildman–Crippen MR) is 103 cm³/mol. The van der Waals surface area contributed by atoms with Crippen LogP contribution in [0.15, 0.2) is 18.2 Å². The number of carbonyl (C=O) groups excluding carboxylic acids is 2. The number of benzene rings is 1. The number of nitrogens with one attached hydrogen (secondary N) is 3. The Morgan fingerprint density at radius 1 is 1.35 bits per heavy atom. The predicted octanol–water partition coefficient (Wildman–Crippen LogP) is 3.11. The third-order valence-corrected chi connectivity index (χ3v) is 5.89. The Morgan fingerprint density at radius 3 is 2.85 bits per heavy atom. The van der Waals surface area contributed by atoms with E-state index in [9.17, 15) is 9.59 Å². The molecule has 7 heteroatoms. The van der Waals surface area contributed by atoms with Crippen LogP contribution in [0.2, 0.25) is 5.02 Å². The van der Waals surface area contributed by atoms with E-state index in [4.69, 9.17) is 23.2 Å². The van der Waals surface area contributed by atoms with Crippen LogP contribution in [0.25, 0.3) is 0 Å². The van der Waals surface area contributed by atoms with E-state index in [-0.39, 0.29) is 41.2 Å². The van der Waals surface area contributed by atoms with Gasteiger partial charge in [-0.25, -0.2) is 0 Å². The summed E-state index contributed by atoms with van der Waals surface area (Å²) in [5.41, 5.74) is 1.75. The molecule has 0 radical (unpaired) electrons. The van der Waals surface area contributed by atoms with Crippen LogP contribution in [-0.2, 0) is 16.1 Å². The largest absolute Gasteiger partial charge is 0.352 e. The molecule has 0 aromatic heterocycles. The van der Waals surface area contributed by atoms with Crippen molar-refractivity contribution in [2.45, 2.75) is 57.2 Å². The number of rotatable bonds is 4. The van der Waals surface area contributed by atoms with Gasteiger partial charge in [0.2, 0.25) is 11.8 Å². The molecule has 1 aromatic rings. The second-order valence-electron chi connectivity index (χ2n) is 7.46. The molecule has 2 amide bonds. The fraction of sp³-hybridized carbons (Fsp3) is 0.579. The normalized spacial score (nSPS) is 28.4. The number of carbonyl (C=O) groups is 2. The Labute approximate surface area is 164 Å². The third kappa shape index (κ3) is 4.33. The summed E-state index contributed by atoms with van der Waals surface area (Å²) >= 11 is 12.7. The summed E-state index contributed by atoms with van der Waals surface area (Å²) in [5, 5.41) is 10.1. The van der Waals surface area contributed by atoms with Gasteiger partial charge in [0.05, 0.1) is 5.92 Å². The average Bonchev–Trinajstić information content (AvgIpc) is 2.60. The summed E-state index contributed by atoms with van der Waals surface area (Å²) in [6.07, 6.45) is 2.10. The quantitative estimate of drug-likeness (QED) is 0.683. The minimum absolute atomic E-state index is 0.00351. The smallest absolute Gasteiger partial charge is 0.226 e. The molecule has 2 fully saturated rings. The summed E-state index contributed by atoms with van der Waals surface area (Å²) in [6.45, 7) is 4.14. The minimum atomic E-state index is -0.348. The van der Waals surface area contributed by atoms with E-state index in [2.05, 4.69) is 16.0 Å². The first-order valence-corrected chi connectivity index (χ1v) is 9.93. The van der Waals surface area contributed by atoms with Gasteiger partial charge in [0.1, 0.15) is 6.17 Å². The van der Waals surface area contributed by atoms with Crippen LogP contribution in [0.3, 0.4) is 0 Å². The fourth-order valence-electron chi connectivity index (χ4n) is 3.61. The third-order valence-electron chi connectivity index (χ3n) is 5.15. The number of hydrogen-bond donors (Lipinski definition) is 3. The molecular weight excluding hydrogens is 373 g/mol. The number of hydrogen-bond acceptors (Lipinski definition) is 3. The van der Waals surface area contributed by atoms with Crippen LogP contribution in [0.1, 0.15) is 50.4 Å². The van der Waals surface area contributed by atoms with Gasteiger partial charge in [0.25, 0.3) is 0 Å². The molecule has 1 saturated carbocycles. The Hall–Kier alpha value is -1.30. The van der Waals surface area contributed by atoms with Gasteiger partial charge in [0.15, 0.2) is 0 Å². The summed E-state index contributed by atoms with van der Waals surface area (Å²) in [5.74, 6) is -0.0398. The van der Waals surface area contributed by atoms with Crippen molar-refractivity contribution in [3.63, 3.8) is 0 Å². The standard InChI is InChI=1S/C19H25Cl2N3O2/c1-10(2)18(25)22-9-11-3-6-15(21)14(7-11)17-23-16-8-12(20)4-5-13(16)19(26)24-17/h3,6-7,10,12-13,16-17,23H,4-5,8-9H2,1-2H3,(H,22,25)(H,24,26). The van der Waals surface area contributed by atoms with E-state index in [0.29, 0.717) is 11.6 Å². The molecule has 3 N–H and O–H groups in total. The summed E-state index contributed by atoms with van der Waals surface area (Å²) in [7, 11) is 0. The van der Waals surface area contributed by atoms with Gasteiger partial charge in [-0.05, 0) is 37.0 Å². The molecule has 1 saturated heterocycles. The van der Waals surface area contributed by atoms with E-state index in [1.807, 2.05) is 26.0 Å². The first kappa shape index (κ1) is 19.5. The van der Waals surface area contributed by atoms with Crippen LogP contribution in [0.4, 0.5) is 0 Å².